The number of esters is 1. The molecule has 1 aliphatic carbocycles. The third kappa shape index (κ3) is 2.56. The molecule has 2 aromatic rings. The van der Waals surface area contributed by atoms with E-state index in [4.69, 9.17) is 9.84 Å². The van der Waals surface area contributed by atoms with E-state index >= 15 is 0 Å². The Morgan fingerprint density at radius 3 is 2.62 bits per heavy atom. The maximum absolute atomic E-state index is 12.2. The lowest BCUT2D eigenvalue weighted by molar-refractivity contribution is 0.0600. The standard InChI is InChI=1S/C21H19NO4/c1-26-21(25)17-7-3-6-16-14-4-2-5-15(14)18(22-19(16)17)12-8-10-13(11-9-12)20(23)24/h2-4,6-11,14-15,18,22H,5H2,1H3,(H,23,24)/t14-,15-,18-/m0/s1. The van der Waals surface area contributed by atoms with Crippen molar-refractivity contribution in [2.75, 3.05) is 12.4 Å². The first-order valence-corrected chi connectivity index (χ1v) is 8.58. The number of carboxylic acid groups (broad SMARTS) is 1. The van der Waals surface area contributed by atoms with Gasteiger partial charge in [-0.05, 0) is 41.7 Å². The topological polar surface area (TPSA) is 75.6 Å². The number of hydrogen-bond donors (Lipinski definition) is 2. The number of carbonyl (C=O) groups is 2. The summed E-state index contributed by atoms with van der Waals surface area (Å²) in [7, 11) is 1.38. The van der Waals surface area contributed by atoms with Gasteiger partial charge in [-0.1, -0.05) is 36.4 Å². The number of anilines is 1. The molecule has 2 aliphatic rings. The first-order valence-electron chi connectivity index (χ1n) is 8.58. The van der Waals surface area contributed by atoms with Crippen LogP contribution in [0.4, 0.5) is 5.69 Å². The summed E-state index contributed by atoms with van der Waals surface area (Å²) in [5, 5.41) is 12.6. The molecule has 0 fully saturated rings. The van der Waals surface area contributed by atoms with Gasteiger partial charge in [0, 0.05) is 5.92 Å². The number of para-hydroxylation sites is 1. The molecule has 3 atom stereocenters. The predicted octanol–water partition coefficient (Wildman–Crippen LogP) is 4.00. The van der Waals surface area contributed by atoms with Crippen LogP contribution in [0, 0.1) is 5.92 Å². The highest BCUT2D eigenvalue weighted by molar-refractivity contribution is 5.97. The molecule has 5 heteroatoms. The number of carbonyl (C=O) groups excluding carboxylic acids is 1. The van der Waals surface area contributed by atoms with Crippen molar-refractivity contribution in [2.45, 2.75) is 18.4 Å². The molecule has 26 heavy (non-hydrogen) atoms. The van der Waals surface area contributed by atoms with Gasteiger partial charge in [0.1, 0.15) is 0 Å². The molecule has 1 aliphatic heterocycles. The highest BCUT2D eigenvalue weighted by Crippen LogP contribution is 2.50. The second kappa shape index (κ2) is 6.33. The molecule has 2 N–H and O–H groups in total. The Morgan fingerprint density at radius 2 is 1.92 bits per heavy atom. The van der Waals surface area contributed by atoms with Crippen LogP contribution < -0.4 is 5.32 Å². The third-order valence-corrected chi connectivity index (χ3v) is 5.32. The van der Waals surface area contributed by atoms with Crippen molar-refractivity contribution in [1.82, 2.24) is 0 Å². The van der Waals surface area contributed by atoms with E-state index in [0.717, 1.165) is 23.2 Å². The average molecular weight is 349 g/mol. The van der Waals surface area contributed by atoms with E-state index in [9.17, 15) is 9.59 Å². The molecule has 0 amide bonds. The molecule has 0 aromatic heterocycles. The van der Waals surface area contributed by atoms with Gasteiger partial charge in [-0.15, -0.1) is 0 Å². The van der Waals surface area contributed by atoms with Gasteiger partial charge in [-0.3, -0.25) is 0 Å². The molecule has 0 saturated heterocycles. The number of ether oxygens (including phenoxy) is 1. The molecule has 0 bridgehead atoms. The summed E-state index contributed by atoms with van der Waals surface area (Å²) in [6, 6.07) is 12.6. The Morgan fingerprint density at radius 1 is 1.15 bits per heavy atom. The molecule has 132 valence electrons. The zero-order valence-corrected chi connectivity index (χ0v) is 14.3. The van der Waals surface area contributed by atoms with E-state index in [1.165, 1.54) is 7.11 Å². The van der Waals surface area contributed by atoms with Crippen LogP contribution in [0.2, 0.25) is 0 Å². The molecule has 0 spiro atoms. The first kappa shape index (κ1) is 16.4. The zero-order valence-electron chi connectivity index (χ0n) is 14.3. The molecule has 0 saturated carbocycles. The minimum Gasteiger partial charge on any atom is -0.478 e. The third-order valence-electron chi connectivity index (χ3n) is 5.32. The van der Waals surface area contributed by atoms with Gasteiger partial charge in [0.05, 0.1) is 30.0 Å². The van der Waals surface area contributed by atoms with Gasteiger partial charge in [0.2, 0.25) is 0 Å². The SMILES string of the molecule is COC(=O)c1cccc2c1N[C@@H](c1ccc(C(=O)O)cc1)[C@H]1CC=C[C@H]21. The number of nitrogens with one attached hydrogen (secondary N) is 1. The number of benzene rings is 2. The van der Waals surface area contributed by atoms with E-state index in [-0.39, 0.29) is 23.5 Å². The van der Waals surface area contributed by atoms with E-state index in [1.807, 2.05) is 24.3 Å². The van der Waals surface area contributed by atoms with Crippen LogP contribution in [0.5, 0.6) is 0 Å². The van der Waals surface area contributed by atoms with Crippen LogP contribution in [0.15, 0.2) is 54.6 Å². The lowest BCUT2D eigenvalue weighted by Gasteiger charge is -2.38. The van der Waals surface area contributed by atoms with Gasteiger partial charge < -0.3 is 15.2 Å². The Kier molecular flexibility index (Phi) is 3.99. The van der Waals surface area contributed by atoms with Crippen molar-refractivity contribution in [1.29, 1.82) is 0 Å². The second-order valence-electron chi connectivity index (χ2n) is 6.66. The average Bonchev–Trinajstić information content (AvgIpc) is 3.16. The fourth-order valence-electron chi connectivity index (χ4n) is 4.06. The van der Waals surface area contributed by atoms with Crippen molar-refractivity contribution >= 4 is 17.6 Å². The van der Waals surface area contributed by atoms with E-state index in [1.54, 1.807) is 18.2 Å². The lowest BCUT2D eigenvalue weighted by Crippen LogP contribution is -2.30. The van der Waals surface area contributed by atoms with Gasteiger partial charge >= 0.3 is 11.9 Å². The van der Waals surface area contributed by atoms with E-state index in [0.29, 0.717) is 11.5 Å². The maximum Gasteiger partial charge on any atom is 0.339 e. The van der Waals surface area contributed by atoms with Gasteiger partial charge in [-0.2, -0.15) is 0 Å². The van der Waals surface area contributed by atoms with Crippen LogP contribution >= 0.6 is 0 Å². The molecular formula is C21H19NO4. The number of hydrogen-bond acceptors (Lipinski definition) is 4. The molecule has 1 heterocycles. The van der Waals surface area contributed by atoms with Crippen molar-refractivity contribution in [3.05, 3.63) is 76.9 Å². The summed E-state index contributed by atoms with van der Waals surface area (Å²) in [5.74, 6) is -0.757. The Balaban J connectivity index is 1.78. The van der Waals surface area contributed by atoms with Crippen LogP contribution in [0.25, 0.3) is 0 Å². The monoisotopic (exact) mass is 349 g/mol. The lowest BCUT2D eigenvalue weighted by atomic mass is 9.76. The van der Waals surface area contributed by atoms with Crippen LogP contribution in [0.3, 0.4) is 0 Å². The van der Waals surface area contributed by atoms with Crippen LogP contribution in [-0.2, 0) is 4.74 Å². The quantitative estimate of drug-likeness (QED) is 0.647. The number of carboxylic acids is 1. The van der Waals surface area contributed by atoms with Crippen molar-refractivity contribution in [3.63, 3.8) is 0 Å². The van der Waals surface area contributed by atoms with Crippen molar-refractivity contribution in [2.24, 2.45) is 5.92 Å². The minimum atomic E-state index is -0.938. The van der Waals surface area contributed by atoms with Gasteiger partial charge in [-0.25, -0.2) is 9.59 Å². The number of fused-ring (bicyclic) bond motifs is 3. The summed E-state index contributed by atoms with van der Waals surface area (Å²) < 4.78 is 4.93. The summed E-state index contributed by atoms with van der Waals surface area (Å²) in [6.45, 7) is 0. The Labute approximate surface area is 151 Å². The van der Waals surface area contributed by atoms with Crippen molar-refractivity contribution < 1.29 is 19.4 Å². The second-order valence-corrected chi connectivity index (χ2v) is 6.66. The fourth-order valence-corrected chi connectivity index (χ4v) is 4.06. The summed E-state index contributed by atoms with van der Waals surface area (Å²) in [5.41, 5.74) is 3.71. The molecule has 0 radical (unpaired) electrons. The molecule has 5 nitrogen and oxygen atoms in total. The van der Waals surface area contributed by atoms with Crippen molar-refractivity contribution in [3.8, 4) is 0 Å². The number of methoxy groups -OCH3 is 1. The van der Waals surface area contributed by atoms with E-state index in [2.05, 4.69) is 17.5 Å². The Hall–Kier alpha value is -3.08. The number of aromatic carboxylic acids is 1. The smallest absolute Gasteiger partial charge is 0.339 e. The maximum atomic E-state index is 12.2. The Bertz CT molecular complexity index is 901. The van der Waals surface area contributed by atoms with E-state index < -0.39 is 5.97 Å². The minimum absolute atomic E-state index is 0.00356. The molecule has 0 unspecified atom stereocenters. The largest absolute Gasteiger partial charge is 0.478 e. The highest BCUT2D eigenvalue weighted by Gasteiger charge is 2.39. The summed E-state index contributed by atoms with van der Waals surface area (Å²) in [4.78, 5) is 23.3. The normalized spacial score (nSPS) is 22.9. The number of allylic oxidation sites excluding steroid dienone is 2. The summed E-state index contributed by atoms with van der Waals surface area (Å²) >= 11 is 0. The summed E-state index contributed by atoms with van der Waals surface area (Å²) in [6.07, 6.45) is 5.31. The fraction of sp³-hybridized carbons (Fsp3) is 0.238. The zero-order chi connectivity index (χ0) is 18.3. The number of rotatable bonds is 3. The van der Waals surface area contributed by atoms with Gasteiger partial charge in [0.25, 0.3) is 0 Å². The molecule has 2 aromatic carbocycles. The molecule has 4 rings (SSSR count). The molecular weight excluding hydrogens is 330 g/mol. The highest BCUT2D eigenvalue weighted by atomic mass is 16.5. The van der Waals surface area contributed by atoms with Crippen LogP contribution in [-0.4, -0.2) is 24.2 Å². The first-order chi connectivity index (χ1) is 12.6. The predicted molar refractivity (Wildman–Crippen MR) is 97.5 cm³/mol. The van der Waals surface area contributed by atoms with Gasteiger partial charge in [0.15, 0.2) is 0 Å². The van der Waals surface area contributed by atoms with Crippen LogP contribution in [0.1, 0.15) is 50.2 Å².